The molecule has 52 heavy (non-hydrogen) atoms. The van der Waals surface area contributed by atoms with Crippen LogP contribution in [0.15, 0.2) is 30.3 Å². The van der Waals surface area contributed by atoms with E-state index in [1.165, 1.54) is 0 Å². The summed E-state index contributed by atoms with van der Waals surface area (Å²) in [6.45, 7) is 14.0. The lowest BCUT2D eigenvalue weighted by Crippen LogP contribution is -2.59. The van der Waals surface area contributed by atoms with Gasteiger partial charge in [0, 0.05) is 27.8 Å². The molecule has 0 saturated carbocycles. The van der Waals surface area contributed by atoms with Crippen molar-refractivity contribution in [3.8, 4) is 0 Å². The van der Waals surface area contributed by atoms with Crippen LogP contribution in [0.3, 0.4) is 0 Å². The summed E-state index contributed by atoms with van der Waals surface area (Å²) < 4.78 is 11.9. The Labute approximate surface area is 313 Å². The van der Waals surface area contributed by atoms with Crippen LogP contribution >= 0.6 is 0 Å². The van der Waals surface area contributed by atoms with Gasteiger partial charge in [0.2, 0.25) is 23.6 Å². The maximum absolute atomic E-state index is 14.2. The van der Waals surface area contributed by atoms with Gasteiger partial charge in [-0.05, 0) is 56.7 Å². The molecule has 4 amide bonds. The van der Waals surface area contributed by atoms with Gasteiger partial charge in [0.25, 0.3) is 0 Å². The number of likely N-dealkylation sites (tertiary alicyclic amines) is 1. The van der Waals surface area contributed by atoms with Crippen LogP contribution in [-0.2, 0) is 35.1 Å². The lowest BCUT2D eigenvalue weighted by atomic mass is 9.89. The second-order valence-electron chi connectivity index (χ2n) is 15.5. The van der Waals surface area contributed by atoms with Crippen molar-refractivity contribution in [3.63, 3.8) is 0 Å². The van der Waals surface area contributed by atoms with Gasteiger partial charge in [0.15, 0.2) is 0 Å². The number of hydrogen-bond donors (Lipinski definition) is 3. The molecule has 0 spiro atoms. The summed E-state index contributed by atoms with van der Waals surface area (Å²) in [4.78, 5) is 60.6. The van der Waals surface area contributed by atoms with Gasteiger partial charge in [-0.25, -0.2) is 0 Å². The maximum Gasteiger partial charge on any atom is 0.245 e. The summed E-state index contributed by atoms with van der Waals surface area (Å²) in [5, 5.41) is 16.0. The zero-order valence-corrected chi connectivity index (χ0v) is 33.9. The minimum Gasteiger partial charge on any atom is -0.394 e. The molecule has 9 atom stereocenters. The minimum absolute atomic E-state index is 0.0134. The van der Waals surface area contributed by atoms with Crippen LogP contribution in [0.1, 0.15) is 79.7 Å². The number of carbonyl (C=O) groups excluding carboxylic acids is 4. The predicted octanol–water partition coefficient (Wildman–Crippen LogP) is 3.35. The minimum atomic E-state index is -0.755. The van der Waals surface area contributed by atoms with Crippen molar-refractivity contribution < 1.29 is 33.8 Å². The fourth-order valence-electron chi connectivity index (χ4n) is 7.80. The quantitative estimate of drug-likeness (QED) is 0.175. The highest BCUT2D eigenvalue weighted by Crippen LogP contribution is 2.30. The number of nitrogens with zero attached hydrogens (tertiary/aromatic N) is 3. The third kappa shape index (κ3) is 12.0. The van der Waals surface area contributed by atoms with E-state index in [0.29, 0.717) is 19.4 Å². The number of amides is 4. The first-order valence-electron chi connectivity index (χ1n) is 19.1. The monoisotopic (exact) mass is 732 g/mol. The van der Waals surface area contributed by atoms with Crippen molar-refractivity contribution in [1.82, 2.24) is 25.3 Å². The molecule has 2 rings (SSSR count). The Morgan fingerprint density at radius 1 is 0.923 bits per heavy atom. The molecule has 1 fully saturated rings. The van der Waals surface area contributed by atoms with Gasteiger partial charge in [-0.15, -0.1) is 0 Å². The zero-order valence-electron chi connectivity index (χ0n) is 33.9. The highest BCUT2D eigenvalue weighted by Gasteiger charge is 2.43. The van der Waals surface area contributed by atoms with Crippen LogP contribution in [0.25, 0.3) is 0 Å². The smallest absolute Gasteiger partial charge is 0.245 e. The Kier molecular flexibility index (Phi) is 18.7. The summed E-state index contributed by atoms with van der Waals surface area (Å²) >= 11 is 0. The molecule has 12 heteroatoms. The normalized spacial score (nSPS) is 19.5. The number of likely N-dealkylation sites (N-methyl/N-ethyl adjacent to an activating group) is 2. The van der Waals surface area contributed by atoms with Gasteiger partial charge < -0.3 is 35.0 Å². The number of carbonyl (C=O) groups is 4. The summed E-state index contributed by atoms with van der Waals surface area (Å²) in [5.41, 5.74) is 1.01. The first-order valence-corrected chi connectivity index (χ1v) is 19.1. The van der Waals surface area contributed by atoms with E-state index in [4.69, 9.17) is 9.47 Å². The number of rotatable bonds is 21. The van der Waals surface area contributed by atoms with Gasteiger partial charge in [-0.2, -0.15) is 0 Å². The summed E-state index contributed by atoms with van der Waals surface area (Å²) in [6, 6.07) is 7.32. The Morgan fingerprint density at radius 3 is 2.06 bits per heavy atom. The topological polar surface area (TPSA) is 141 Å². The molecule has 12 nitrogen and oxygen atoms in total. The van der Waals surface area contributed by atoms with Crippen molar-refractivity contribution in [2.24, 2.45) is 23.7 Å². The van der Waals surface area contributed by atoms with E-state index in [0.717, 1.165) is 18.4 Å². The Balaban J connectivity index is 2.25. The standard InChI is InChI=1S/C40H69N5O7/c1-13-27(6)36(44(10)40(50)34(25(2)3)42-39(49)35(26(4)5)43(8)9)32(51-11)23-33(47)45-21-17-20-31(45)37(52-12)28(7)38(48)41-30(24-46)22-29-18-15-14-16-19-29/h14-16,18-19,25-28,30-32,34-37,46H,13,17,20-24H2,1-12H3,(H,41,48)(H,42,49)/t27-,28+,30+,31-,32+,34?,35-,36-,37+/m0/s1. The fourth-order valence-corrected chi connectivity index (χ4v) is 7.80. The highest BCUT2D eigenvalue weighted by atomic mass is 16.5. The highest BCUT2D eigenvalue weighted by molar-refractivity contribution is 5.90. The molecule has 3 N–H and O–H groups in total. The van der Waals surface area contributed by atoms with Gasteiger partial charge in [0.05, 0.1) is 55.3 Å². The molecule has 1 aromatic rings. The molecule has 0 bridgehead atoms. The fraction of sp³-hybridized carbons (Fsp3) is 0.750. The predicted molar refractivity (Wildman–Crippen MR) is 204 cm³/mol. The number of aliphatic hydroxyl groups is 1. The molecule has 296 valence electrons. The van der Waals surface area contributed by atoms with Gasteiger partial charge in [-0.3, -0.25) is 24.1 Å². The number of benzene rings is 1. The molecule has 0 radical (unpaired) electrons. The van der Waals surface area contributed by atoms with Gasteiger partial charge in [0.1, 0.15) is 6.04 Å². The van der Waals surface area contributed by atoms with Crippen LogP contribution in [0.2, 0.25) is 0 Å². The molecule has 0 aliphatic carbocycles. The lowest BCUT2D eigenvalue weighted by molar-refractivity contribution is -0.148. The van der Waals surface area contributed by atoms with Crippen molar-refractivity contribution in [3.05, 3.63) is 35.9 Å². The number of aliphatic hydroxyl groups excluding tert-OH is 1. The van der Waals surface area contributed by atoms with E-state index < -0.39 is 42.3 Å². The van der Waals surface area contributed by atoms with Gasteiger partial charge in [-0.1, -0.05) is 85.2 Å². The Hall–Kier alpha value is -3.06. The number of hydrogen-bond acceptors (Lipinski definition) is 8. The SMILES string of the molecule is CC[C@H](C)[C@@H]([C@@H](CC(=O)N1CCC[C@H]1[C@H](OC)[C@@H](C)C(=O)N[C@@H](CO)Cc1ccccc1)OC)N(C)C(=O)C(NC(=O)[C@H](C(C)C)N(C)C)C(C)C. The first kappa shape index (κ1) is 45.1. The van der Waals surface area contributed by atoms with Crippen LogP contribution < -0.4 is 10.6 Å². The maximum atomic E-state index is 14.2. The van der Waals surface area contributed by atoms with Crippen molar-refractivity contribution in [2.75, 3.05) is 48.5 Å². The van der Waals surface area contributed by atoms with Crippen LogP contribution in [0.4, 0.5) is 0 Å². The van der Waals surface area contributed by atoms with E-state index in [2.05, 4.69) is 10.6 Å². The Bertz CT molecular complexity index is 1250. The van der Waals surface area contributed by atoms with Crippen LogP contribution in [-0.4, -0.2) is 134 Å². The van der Waals surface area contributed by atoms with E-state index in [1.807, 2.05) is 90.9 Å². The molecule has 1 unspecified atom stereocenters. The lowest BCUT2D eigenvalue weighted by Gasteiger charge is -2.41. The van der Waals surface area contributed by atoms with E-state index >= 15 is 0 Å². The molecule has 1 saturated heterocycles. The van der Waals surface area contributed by atoms with E-state index in [9.17, 15) is 24.3 Å². The third-order valence-corrected chi connectivity index (χ3v) is 10.8. The zero-order chi connectivity index (χ0) is 39.3. The van der Waals surface area contributed by atoms with Crippen molar-refractivity contribution >= 4 is 23.6 Å². The largest absolute Gasteiger partial charge is 0.394 e. The first-order chi connectivity index (χ1) is 24.5. The average Bonchev–Trinajstić information content (AvgIpc) is 3.59. The van der Waals surface area contributed by atoms with Crippen LogP contribution in [0.5, 0.6) is 0 Å². The molecular formula is C40H69N5O7. The summed E-state index contributed by atoms with van der Waals surface area (Å²) in [7, 11) is 8.58. The van der Waals surface area contributed by atoms with Crippen molar-refractivity contribution in [2.45, 2.75) is 123 Å². The Morgan fingerprint density at radius 2 is 1.56 bits per heavy atom. The van der Waals surface area contributed by atoms with E-state index in [-0.39, 0.29) is 60.5 Å². The molecule has 0 aromatic heterocycles. The number of ether oxygens (including phenoxy) is 2. The molecule has 1 aromatic carbocycles. The second-order valence-corrected chi connectivity index (χ2v) is 15.5. The molecule has 1 aliphatic heterocycles. The summed E-state index contributed by atoms with van der Waals surface area (Å²) in [5.74, 6) is -1.52. The van der Waals surface area contributed by atoms with E-state index in [1.54, 1.807) is 38.0 Å². The summed E-state index contributed by atoms with van der Waals surface area (Å²) in [6.07, 6.45) is 1.54. The average molecular weight is 732 g/mol. The van der Waals surface area contributed by atoms with Crippen LogP contribution in [0, 0.1) is 23.7 Å². The molecular weight excluding hydrogens is 662 g/mol. The number of nitrogens with one attached hydrogen (secondary N) is 2. The second kappa shape index (κ2) is 21.6. The molecule has 1 heterocycles. The molecule has 1 aliphatic rings. The third-order valence-electron chi connectivity index (χ3n) is 10.8. The number of methoxy groups -OCH3 is 2. The van der Waals surface area contributed by atoms with Crippen molar-refractivity contribution in [1.29, 1.82) is 0 Å². The van der Waals surface area contributed by atoms with Gasteiger partial charge >= 0.3 is 0 Å².